The van der Waals surface area contributed by atoms with Gasteiger partial charge < -0.3 is 9.84 Å². The van der Waals surface area contributed by atoms with Crippen molar-refractivity contribution in [2.45, 2.75) is 20.0 Å². The van der Waals surface area contributed by atoms with Gasteiger partial charge in [0.25, 0.3) is 0 Å². The Labute approximate surface area is 125 Å². The van der Waals surface area contributed by atoms with Gasteiger partial charge >= 0.3 is 0 Å². The third-order valence-electron chi connectivity index (χ3n) is 3.32. The Balaban J connectivity index is 2.15. The van der Waals surface area contributed by atoms with Gasteiger partial charge in [0.15, 0.2) is 9.84 Å². The highest BCUT2D eigenvalue weighted by atomic mass is 32.2. The maximum absolute atomic E-state index is 11.7. The summed E-state index contributed by atoms with van der Waals surface area (Å²) in [4.78, 5) is 0. The van der Waals surface area contributed by atoms with Crippen LogP contribution in [0.4, 0.5) is 0 Å². The molecule has 0 radical (unpaired) electrons. The van der Waals surface area contributed by atoms with Crippen LogP contribution in [0.2, 0.25) is 0 Å². The Morgan fingerprint density at radius 2 is 1.86 bits per heavy atom. The van der Waals surface area contributed by atoms with Gasteiger partial charge in [0, 0.05) is 5.56 Å². The van der Waals surface area contributed by atoms with Crippen molar-refractivity contribution in [1.29, 1.82) is 0 Å². The molecule has 0 saturated heterocycles. The Morgan fingerprint density at radius 3 is 2.57 bits per heavy atom. The number of ether oxygens (including phenoxy) is 1. The number of rotatable bonds is 7. The molecule has 0 aliphatic carbocycles. The zero-order chi connectivity index (χ0) is 15.3. The number of hydrogen-bond acceptors (Lipinski definition) is 4. The van der Waals surface area contributed by atoms with Gasteiger partial charge in [-0.3, -0.25) is 0 Å². The van der Waals surface area contributed by atoms with Gasteiger partial charge in [0.1, 0.15) is 12.4 Å². The lowest BCUT2D eigenvalue weighted by Crippen LogP contribution is -2.17. The Morgan fingerprint density at radius 1 is 1.10 bits per heavy atom. The van der Waals surface area contributed by atoms with E-state index in [-0.39, 0.29) is 24.7 Å². The highest BCUT2D eigenvalue weighted by Crippen LogP contribution is 2.28. The van der Waals surface area contributed by atoms with Crippen molar-refractivity contribution in [1.82, 2.24) is 0 Å². The predicted octanol–water partition coefficient (Wildman–Crippen LogP) is 2.54. The third kappa shape index (κ3) is 3.95. The standard InChI is InChI=1S/C16H20O4S/c1-2-10-21(18,19)11-9-20-16-8-7-13-5-3-4-6-14(13)15(16)12-17/h3-8,17H,2,9-12H2,1H3. The highest BCUT2D eigenvalue weighted by Gasteiger charge is 2.12. The first kappa shape index (κ1) is 15.8. The molecule has 0 amide bonds. The number of aliphatic hydroxyl groups excluding tert-OH is 1. The normalized spacial score (nSPS) is 11.7. The SMILES string of the molecule is CCCS(=O)(=O)CCOc1ccc2ccccc2c1CO. The summed E-state index contributed by atoms with van der Waals surface area (Å²) in [5, 5.41) is 11.5. The molecule has 2 rings (SSSR count). The summed E-state index contributed by atoms with van der Waals surface area (Å²) in [6, 6.07) is 11.4. The molecular weight excluding hydrogens is 288 g/mol. The molecule has 0 unspecified atom stereocenters. The van der Waals surface area contributed by atoms with Gasteiger partial charge in [-0.05, 0) is 23.3 Å². The zero-order valence-corrected chi connectivity index (χ0v) is 12.9. The number of aliphatic hydroxyl groups is 1. The number of fused-ring (bicyclic) bond motifs is 1. The fraction of sp³-hybridized carbons (Fsp3) is 0.375. The van der Waals surface area contributed by atoms with Gasteiger partial charge in [-0.15, -0.1) is 0 Å². The molecule has 0 aliphatic rings. The fourth-order valence-corrected chi connectivity index (χ4v) is 3.47. The first-order chi connectivity index (χ1) is 10.1. The first-order valence-electron chi connectivity index (χ1n) is 7.02. The molecule has 5 heteroatoms. The van der Waals surface area contributed by atoms with E-state index in [1.165, 1.54) is 0 Å². The van der Waals surface area contributed by atoms with E-state index in [9.17, 15) is 13.5 Å². The summed E-state index contributed by atoms with van der Waals surface area (Å²) in [5.74, 6) is 0.724. The lowest BCUT2D eigenvalue weighted by molar-refractivity contribution is 0.269. The molecule has 1 N–H and O–H groups in total. The van der Waals surface area contributed by atoms with Crippen LogP contribution in [0.15, 0.2) is 36.4 Å². The third-order valence-corrected chi connectivity index (χ3v) is 5.14. The summed E-state index contributed by atoms with van der Waals surface area (Å²) in [6.45, 7) is 1.80. The van der Waals surface area contributed by atoms with Crippen molar-refractivity contribution >= 4 is 20.6 Å². The Bertz CT molecular complexity index is 707. The van der Waals surface area contributed by atoms with E-state index >= 15 is 0 Å². The molecule has 2 aromatic carbocycles. The van der Waals surface area contributed by atoms with Crippen LogP contribution >= 0.6 is 0 Å². The van der Waals surface area contributed by atoms with Crippen LogP contribution < -0.4 is 4.74 Å². The van der Waals surface area contributed by atoms with Crippen molar-refractivity contribution in [3.05, 3.63) is 42.0 Å². The van der Waals surface area contributed by atoms with Crippen molar-refractivity contribution in [2.75, 3.05) is 18.1 Å². The van der Waals surface area contributed by atoms with Crippen molar-refractivity contribution < 1.29 is 18.3 Å². The van der Waals surface area contributed by atoms with Crippen molar-refractivity contribution in [3.63, 3.8) is 0 Å². The van der Waals surface area contributed by atoms with E-state index in [1.807, 2.05) is 37.3 Å². The monoisotopic (exact) mass is 308 g/mol. The summed E-state index contributed by atoms with van der Waals surface area (Å²) in [6.07, 6.45) is 0.611. The second-order valence-electron chi connectivity index (χ2n) is 4.92. The number of sulfone groups is 1. The van der Waals surface area contributed by atoms with Crippen molar-refractivity contribution in [3.8, 4) is 5.75 Å². The molecule has 0 saturated carbocycles. The van der Waals surface area contributed by atoms with Crippen LogP contribution in [0.25, 0.3) is 10.8 Å². The smallest absolute Gasteiger partial charge is 0.153 e. The van der Waals surface area contributed by atoms with E-state index in [0.29, 0.717) is 17.7 Å². The van der Waals surface area contributed by atoms with Crippen LogP contribution in [0.1, 0.15) is 18.9 Å². The molecule has 0 bridgehead atoms. The molecule has 0 heterocycles. The molecule has 114 valence electrons. The largest absolute Gasteiger partial charge is 0.492 e. The molecule has 0 fully saturated rings. The van der Waals surface area contributed by atoms with E-state index in [4.69, 9.17) is 4.74 Å². The lowest BCUT2D eigenvalue weighted by Gasteiger charge is -2.12. The Kier molecular flexibility index (Phi) is 5.20. The molecule has 0 spiro atoms. The van der Waals surface area contributed by atoms with Gasteiger partial charge in [-0.25, -0.2) is 8.42 Å². The van der Waals surface area contributed by atoms with Crippen LogP contribution in [-0.4, -0.2) is 31.6 Å². The molecule has 0 aromatic heterocycles. The van der Waals surface area contributed by atoms with Crippen LogP contribution in [0, 0.1) is 0 Å². The molecule has 0 aliphatic heterocycles. The van der Waals surface area contributed by atoms with E-state index < -0.39 is 9.84 Å². The summed E-state index contributed by atoms with van der Waals surface area (Å²) < 4.78 is 28.9. The number of hydrogen-bond donors (Lipinski definition) is 1. The average Bonchev–Trinajstić information content (AvgIpc) is 2.46. The van der Waals surface area contributed by atoms with Gasteiger partial charge in [0.05, 0.1) is 18.1 Å². The molecule has 4 nitrogen and oxygen atoms in total. The fourth-order valence-electron chi connectivity index (χ4n) is 2.31. The minimum Gasteiger partial charge on any atom is -0.492 e. The lowest BCUT2D eigenvalue weighted by atomic mass is 10.0. The van der Waals surface area contributed by atoms with Gasteiger partial charge in [-0.1, -0.05) is 37.3 Å². The van der Waals surface area contributed by atoms with Crippen LogP contribution in [0.5, 0.6) is 5.75 Å². The predicted molar refractivity (Wildman–Crippen MR) is 84.3 cm³/mol. The maximum atomic E-state index is 11.7. The summed E-state index contributed by atoms with van der Waals surface area (Å²) >= 11 is 0. The highest BCUT2D eigenvalue weighted by molar-refractivity contribution is 7.91. The molecule has 0 atom stereocenters. The number of benzene rings is 2. The summed E-state index contributed by atoms with van der Waals surface area (Å²) in [7, 11) is -3.05. The van der Waals surface area contributed by atoms with Gasteiger partial charge in [0.2, 0.25) is 0 Å². The second-order valence-corrected chi connectivity index (χ2v) is 7.23. The minimum atomic E-state index is -3.05. The van der Waals surface area contributed by atoms with E-state index in [0.717, 1.165) is 10.8 Å². The Hall–Kier alpha value is -1.59. The molecule has 2 aromatic rings. The van der Waals surface area contributed by atoms with Crippen LogP contribution in [0.3, 0.4) is 0 Å². The van der Waals surface area contributed by atoms with E-state index in [2.05, 4.69) is 0 Å². The minimum absolute atomic E-state index is 0.00145. The first-order valence-corrected chi connectivity index (χ1v) is 8.84. The van der Waals surface area contributed by atoms with Crippen LogP contribution in [-0.2, 0) is 16.4 Å². The topological polar surface area (TPSA) is 63.6 Å². The molecular formula is C16H20O4S. The second kappa shape index (κ2) is 6.91. The quantitative estimate of drug-likeness (QED) is 0.854. The average molecular weight is 308 g/mol. The van der Waals surface area contributed by atoms with Crippen molar-refractivity contribution in [2.24, 2.45) is 0 Å². The summed E-state index contributed by atoms with van der Waals surface area (Å²) in [5.41, 5.74) is 0.695. The van der Waals surface area contributed by atoms with E-state index in [1.54, 1.807) is 6.07 Å². The maximum Gasteiger partial charge on any atom is 0.153 e. The van der Waals surface area contributed by atoms with Gasteiger partial charge in [-0.2, -0.15) is 0 Å². The molecule has 21 heavy (non-hydrogen) atoms. The zero-order valence-electron chi connectivity index (χ0n) is 12.1.